The Balaban J connectivity index is 2.61. The Bertz CT molecular complexity index is 214. The van der Waals surface area contributed by atoms with Crippen molar-refractivity contribution < 1.29 is 14.6 Å². The van der Waals surface area contributed by atoms with Crippen LogP contribution in [-0.4, -0.2) is 31.2 Å². The van der Waals surface area contributed by atoms with Gasteiger partial charge in [-0.1, -0.05) is 13.8 Å². The fourth-order valence-corrected chi connectivity index (χ4v) is 3.22. The largest absolute Gasteiger partial charge is 0.390 e. The quantitative estimate of drug-likeness (QED) is 0.756. The van der Waals surface area contributed by atoms with E-state index in [4.69, 9.17) is 9.47 Å². The van der Waals surface area contributed by atoms with Crippen LogP contribution in [0.25, 0.3) is 0 Å². The van der Waals surface area contributed by atoms with Crippen LogP contribution >= 0.6 is 0 Å². The minimum absolute atomic E-state index is 0.308. The molecule has 1 aliphatic carbocycles. The molecule has 0 aromatic rings. The number of hydrogen-bond donors (Lipinski definition) is 1. The highest BCUT2D eigenvalue weighted by Crippen LogP contribution is 2.40. The van der Waals surface area contributed by atoms with Gasteiger partial charge in [-0.05, 0) is 43.9 Å². The van der Waals surface area contributed by atoms with E-state index in [0.717, 1.165) is 12.8 Å². The molecule has 0 radical (unpaired) electrons. The molecule has 3 nitrogen and oxygen atoms in total. The lowest BCUT2D eigenvalue weighted by atomic mass is 9.69. The average Bonchev–Trinajstić information content (AvgIpc) is 2.24. The maximum absolute atomic E-state index is 10.6. The highest BCUT2D eigenvalue weighted by molar-refractivity contribution is 4.88. The van der Waals surface area contributed by atoms with Crippen molar-refractivity contribution in [2.45, 2.75) is 58.3 Å². The zero-order valence-corrected chi connectivity index (χ0v) is 11.9. The number of hydrogen-bond acceptors (Lipinski definition) is 3. The maximum atomic E-state index is 10.6. The Kier molecular flexibility index (Phi) is 5.42. The Morgan fingerprint density at radius 2 is 1.59 bits per heavy atom. The van der Waals surface area contributed by atoms with Gasteiger partial charge in [-0.3, -0.25) is 0 Å². The molecule has 0 heterocycles. The van der Waals surface area contributed by atoms with Gasteiger partial charge in [-0.25, -0.2) is 0 Å². The van der Waals surface area contributed by atoms with E-state index in [2.05, 4.69) is 13.8 Å². The molecule has 3 atom stereocenters. The second-order valence-electron chi connectivity index (χ2n) is 6.08. The number of rotatable bonds is 5. The molecular formula is C14H28O3. The third-order valence-electron chi connectivity index (χ3n) is 4.16. The monoisotopic (exact) mass is 244 g/mol. The van der Waals surface area contributed by atoms with E-state index >= 15 is 0 Å². The third kappa shape index (κ3) is 4.23. The van der Waals surface area contributed by atoms with Crippen LogP contribution in [0.4, 0.5) is 0 Å². The van der Waals surface area contributed by atoms with Crippen molar-refractivity contribution >= 4 is 0 Å². The van der Waals surface area contributed by atoms with Crippen molar-refractivity contribution in [2.24, 2.45) is 17.8 Å². The van der Waals surface area contributed by atoms with Crippen LogP contribution in [0.1, 0.15) is 46.5 Å². The number of methoxy groups -OCH3 is 2. The Morgan fingerprint density at radius 1 is 1.12 bits per heavy atom. The minimum Gasteiger partial charge on any atom is -0.390 e. The molecule has 0 amide bonds. The summed E-state index contributed by atoms with van der Waals surface area (Å²) in [6.45, 7) is 6.49. The molecule has 0 spiro atoms. The summed E-state index contributed by atoms with van der Waals surface area (Å²) in [5, 5.41) is 10.6. The molecule has 102 valence electrons. The highest BCUT2D eigenvalue weighted by Gasteiger charge is 2.38. The maximum Gasteiger partial charge on any atom is 0.159 e. The van der Waals surface area contributed by atoms with E-state index < -0.39 is 5.60 Å². The third-order valence-corrected chi connectivity index (χ3v) is 4.16. The summed E-state index contributed by atoms with van der Waals surface area (Å²) in [7, 11) is 3.24. The zero-order chi connectivity index (χ0) is 13.1. The van der Waals surface area contributed by atoms with Gasteiger partial charge in [0.25, 0.3) is 0 Å². The van der Waals surface area contributed by atoms with Gasteiger partial charge in [-0.2, -0.15) is 0 Å². The fraction of sp³-hybridized carbons (Fsp3) is 1.00. The first kappa shape index (κ1) is 14.9. The zero-order valence-electron chi connectivity index (χ0n) is 11.9. The first-order valence-electron chi connectivity index (χ1n) is 6.67. The van der Waals surface area contributed by atoms with Crippen molar-refractivity contribution in [1.82, 2.24) is 0 Å². The lowest BCUT2D eigenvalue weighted by Gasteiger charge is -2.41. The smallest absolute Gasteiger partial charge is 0.159 e. The minimum atomic E-state index is -0.695. The Morgan fingerprint density at radius 3 is 2.00 bits per heavy atom. The van der Waals surface area contributed by atoms with Crippen LogP contribution in [0.3, 0.4) is 0 Å². The fourth-order valence-electron chi connectivity index (χ4n) is 3.22. The summed E-state index contributed by atoms with van der Waals surface area (Å²) in [5.74, 6) is 1.77. The predicted octanol–water partition coefficient (Wildman–Crippen LogP) is 2.82. The summed E-state index contributed by atoms with van der Waals surface area (Å²) >= 11 is 0. The lowest BCUT2D eigenvalue weighted by molar-refractivity contribution is -0.157. The Hall–Kier alpha value is -0.120. The number of aliphatic hydroxyl groups is 1. The van der Waals surface area contributed by atoms with Crippen LogP contribution in [0, 0.1) is 17.8 Å². The molecule has 0 aliphatic heterocycles. The SMILES string of the molecule is COC(CC(C)(O)C1CC(C)CC(C)C1)OC. The molecule has 3 unspecified atom stereocenters. The molecule has 1 saturated carbocycles. The van der Waals surface area contributed by atoms with E-state index in [1.165, 1.54) is 6.42 Å². The van der Waals surface area contributed by atoms with E-state index in [1.54, 1.807) is 14.2 Å². The van der Waals surface area contributed by atoms with Crippen molar-refractivity contribution in [3.05, 3.63) is 0 Å². The van der Waals surface area contributed by atoms with Crippen LogP contribution in [0.15, 0.2) is 0 Å². The first-order valence-corrected chi connectivity index (χ1v) is 6.67. The van der Waals surface area contributed by atoms with Gasteiger partial charge in [0.2, 0.25) is 0 Å². The van der Waals surface area contributed by atoms with Gasteiger partial charge in [0.05, 0.1) is 5.60 Å². The van der Waals surface area contributed by atoms with Crippen LogP contribution in [0.5, 0.6) is 0 Å². The van der Waals surface area contributed by atoms with E-state index in [9.17, 15) is 5.11 Å². The highest BCUT2D eigenvalue weighted by atomic mass is 16.7. The molecule has 0 aromatic carbocycles. The predicted molar refractivity (Wildman–Crippen MR) is 68.7 cm³/mol. The summed E-state index contributed by atoms with van der Waals surface area (Å²) in [5.41, 5.74) is -0.695. The second-order valence-corrected chi connectivity index (χ2v) is 6.08. The molecule has 1 aliphatic rings. The van der Waals surface area contributed by atoms with Crippen molar-refractivity contribution in [2.75, 3.05) is 14.2 Å². The summed E-state index contributed by atoms with van der Waals surface area (Å²) in [6, 6.07) is 0. The van der Waals surface area contributed by atoms with Crippen LogP contribution < -0.4 is 0 Å². The van der Waals surface area contributed by atoms with E-state index in [-0.39, 0.29) is 6.29 Å². The lowest BCUT2D eigenvalue weighted by Crippen LogP contribution is -2.42. The summed E-state index contributed by atoms with van der Waals surface area (Å²) in [6.07, 6.45) is 3.74. The normalized spacial score (nSPS) is 33.7. The van der Waals surface area contributed by atoms with Crippen LogP contribution in [-0.2, 0) is 9.47 Å². The molecule has 3 heteroatoms. The topological polar surface area (TPSA) is 38.7 Å². The van der Waals surface area contributed by atoms with Crippen molar-refractivity contribution in [3.8, 4) is 0 Å². The molecule has 0 aromatic heterocycles. The molecule has 1 N–H and O–H groups in total. The molecular weight excluding hydrogens is 216 g/mol. The molecule has 17 heavy (non-hydrogen) atoms. The van der Waals surface area contributed by atoms with Gasteiger partial charge < -0.3 is 14.6 Å². The van der Waals surface area contributed by atoms with Gasteiger partial charge in [0.15, 0.2) is 6.29 Å². The molecule has 1 rings (SSSR count). The standard InChI is InChI=1S/C14H28O3/c1-10-6-11(2)8-12(7-10)14(3,15)9-13(16-4)17-5/h10-13,15H,6-9H2,1-5H3. The van der Waals surface area contributed by atoms with Crippen LogP contribution in [0.2, 0.25) is 0 Å². The molecule has 0 saturated heterocycles. The van der Waals surface area contributed by atoms with Gasteiger partial charge in [0.1, 0.15) is 0 Å². The van der Waals surface area contributed by atoms with Gasteiger partial charge in [-0.15, -0.1) is 0 Å². The van der Waals surface area contributed by atoms with Crippen molar-refractivity contribution in [1.29, 1.82) is 0 Å². The van der Waals surface area contributed by atoms with Gasteiger partial charge >= 0.3 is 0 Å². The Labute approximate surface area is 105 Å². The summed E-state index contributed by atoms with van der Waals surface area (Å²) < 4.78 is 10.4. The summed E-state index contributed by atoms with van der Waals surface area (Å²) in [4.78, 5) is 0. The average molecular weight is 244 g/mol. The molecule has 0 bridgehead atoms. The molecule has 1 fully saturated rings. The first-order chi connectivity index (χ1) is 7.89. The second kappa shape index (κ2) is 6.17. The van der Waals surface area contributed by atoms with Gasteiger partial charge in [0, 0.05) is 20.6 Å². The number of ether oxygens (including phenoxy) is 2. The van der Waals surface area contributed by atoms with E-state index in [1.807, 2.05) is 6.92 Å². The van der Waals surface area contributed by atoms with E-state index in [0.29, 0.717) is 24.2 Å². The van der Waals surface area contributed by atoms with Crippen molar-refractivity contribution in [3.63, 3.8) is 0 Å².